The number of carbonyl (C=O) groups excluding carboxylic acids is 1. The molecule has 0 bridgehead atoms. The molecule has 1 N–H and O–H groups in total. The van der Waals surface area contributed by atoms with Gasteiger partial charge in [0, 0.05) is 13.1 Å². The fourth-order valence-electron chi connectivity index (χ4n) is 1.68. The summed E-state index contributed by atoms with van der Waals surface area (Å²) in [5, 5.41) is 9.56. The molecule has 0 amide bonds. The second-order valence-corrected chi connectivity index (χ2v) is 3.38. The first-order chi connectivity index (χ1) is 6.19. The highest BCUT2D eigenvalue weighted by atomic mass is 16.5. The van der Waals surface area contributed by atoms with Crippen LogP contribution in [0.2, 0.25) is 0 Å². The first kappa shape index (κ1) is 10.5. The molecule has 0 unspecified atom stereocenters. The van der Waals surface area contributed by atoms with Crippen molar-refractivity contribution in [2.24, 2.45) is 5.92 Å². The first-order valence-electron chi connectivity index (χ1n) is 4.67. The highest BCUT2D eigenvalue weighted by molar-refractivity contribution is 5.73. The summed E-state index contributed by atoms with van der Waals surface area (Å²) in [4.78, 5) is 13.4. The van der Waals surface area contributed by atoms with E-state index in [1.54, 1.807) is 0 Å². The normalized spacial score (nSPS) is 30.1. The van der Waals surface area contributed by atoms with Gasteiger partial charge in [-0.25, -0.2) is 0 Å². The summed E-state index contributed by atoms with van der Waals surface area (Å²) in [5.41, 5.74) is 0. The molecule has 4 nitrogen and oxygen atoms in total. The Bertz CT molecular complexity index is 184. The Morgan fingerprint density at radius 2 is 2.38 bits per heavy atom. The van der Waals surface area contributed by atoms with E-state index in [2.05, 4.69) is 9.64 Å². The lowest BCUT2D eigenvalue weighted by molar-refractivity contribution is -0.152. The van der Waals surface area contributed by atoms with Crippen molar-refractivity contribution in [3.05, 3.63) is 0 Å². The smallest absolute Gasteiger partial charge is 0.312 e. The topological polar surface area (TPSA) is 49.8 Å². The van der Waals surface area contributed by atoms with E-state index in [0.29, 0.717) is 13.0 Å². The van der Waals surface area contributed by atoms with E-state index in [-0.39, 0.29) is 11.9 Å². The van der Waals surface area contributed by atoms with Crippen LogP contribution in [-0.4, -0.2) is 48.8 Å². The van der Waals surface area contributed by atoms with Crippen molar-refractivity contribution < 1.29 is 14.6 Å². The summed E-state index contributed by atoms with van der Waals surface area (Å²) >= 11 is 0. The minimum absolute atomic E-state index is 0.300. The van der Waals surface area contributed by atoms with E-state index in [1.165, 1.54) is 7.11 Å². The molecule has 1 saturated heterocycles. The quantitative estimate of drug-likeness (QED) is 0.611. The predicted octanol–water partition coefficient (Wildman–Crippen LogP) is -0.138. The van der Waals surface area contributed by atoms with Gasteiger partial charge in [-0.2, -0.15) is 0 Å². The van der Waals surface area contributed by atoms with Crippen LogP contribution in [0.4, 0.5) is 0 Å². The van der Waals surface area contributed by atoms with Crippen molar-refractivity contribution in [1.82, 2.24) is 4.90 Å². The molecule has 0 aromatic carbocycles. The Hall–Kier alpha value is -0.610. The third-order valence-corrected chi connectivity index (χ3v) is 2.61. The maximum Gasteiger partial charge on any atom is 0.312 e. The standard InChI is InChI=1S/C9H17NO3/c1-3-10-5-4-8(11)7(6-10)9(12)13-2/h7-8,11H,3-6H2,1-2H3/t7-,8-/m0/s1. The van der Waals surface area contributed by atoms with Crippen LogP contribution >= 0.6 is 0 Å². The van der Waals surface area contributed by atoms with Crippen LogP contribution in [-0.2, 0) is 9.53 Å². The molecule has 4 heteroatoms. The van der Waals surface area contributed by atoms with Gasteiger partial charge in [-0.1, -0.05) is 6.92 Å². The maximum absolute atomic E-state index is 11.2. The zero-order valence-electron chi connectivity index (χ0n) is 8.19. The second kappa shape index (κ2) is 4.58. The Labute approximate surface area is 78.5 Å². The summed E-state index contributed by atoms with van der Waals surface area (Å²) in [6.45, 7) is 4.45. The van der Waals surface area contributed by atoms with Crippen molar-refractivity contribution >= 4 is 5.97 Å². The average molecular weight is 187 g/mol. The lowest BCUT2D eigenvalue weighted by atomic mass is 9.95. The van der Waals surface area contributed by atoms with Crippen molar-refractivity contribution in [1.29, 1.82) is 0 Å². The predicted molar refractivity (Wildman–Crippen MR) is 48.2 cm³/mol. The third kappa shape index (κ3) is 2.42. The highest BCUT2D eigenvalue weighted by Crippen LogP contribution is 2.17. The van der Waals surface area contributed by atoms with Crippen LogP contribution in [0, 0.1) is 5.92 Å². The molecule has 1 aliphatic heterocycles. The number of aliphatic hydroxyl groups excluding tert-OH is 1. The maximum atomic E-state index is 11.2. The zero-order chi connectivity index (χ0) is 9.84. The van der Waals surface area contributed by atoms with Gasteiger partial charge in [0.05, 0.1) is 19.1 Å². The molecule has 0 radical (unpaired) electrons. The number of piperidine rings is 1. The highest BCUT2D eigenvalue weighted by Gasteiger charge is 2.33. The van der Waals surface area contributed by atoms with Gasteiger partial charge in [-0.3, -0.25) is 4.79 Å². The van der Waals surface area contributed by atoms with E-state index in [1.807, 2.05) is 6.92 Å². The lowest BCUT2D eigenvalue weighted by Crippen LogP contribution is -2.46. The van der Waals surface area contributed by atoms with Crippen molar-refractivity contribution in [2.45, 2.75) is 19.4 Å². The molecule has 0 aliphatic carbocycles. The number of likely N-dealkylation sites (tertiary alicyclic amines) is 1. The van der Waals surface area contributed by atoms with Gasteiger partial charge in [0.1, 0.15) is 0 Å². The monoisotopic (exact) mass is 187 g/mol. The minimum Gasteiger partial charge on any atom is -0.469 e. The molecule has 1 aliphatic rings. The van der Waals surface area contributed by atoms with Gasteiger partial charge in [0.2, 0.25) is 0 Å². The minimum atomic E-state index is -0.532. The number of hydrogen-bond donors (Lipinski definition) is 1. The number of hydrogen-bond acceptors (Lipinski definition) is 4. The molecule has 2 atom stereocenters. The van der Waals surface area contributed by atoms with Crippen LogP contribution in [0.5, 0.6) is 0 Å². The summed E-state index contributed by atoms with van der Waals surface area (Å²) in [6.07, 6.45) is 0.128. The molecule has 0 spiro atoms. The van der Waals surface area contributed by atoms with E-state index < -0.39 is 6.10 Å². The molecule has 0 aromatic heterocycles. The number of aliphatic hydroxyl groups is 1. The van der Waals surface area contributed by atoms with E-state index in [0.717, 1.165) is 13.1 Å². The molecule has 1 rings (SSSR count). The van der Waals surface area contributed by atoms with Crippen molar-refractivity contribution in [2.75, 3.05) is 26.7 Å². The number of ether oxygens (including phenoxy) is 1. The Morgan fingerprint density at radius 1 is 1.69 bits per heavy atom. The average Bonchev–Trinajstić information content (AvgIpc) is 2.17. The summed E-state index contributed by atoms with van der Waals surface area (Å²) in [7, 11) is 1.36. The molecule has 1 fully saturated rings. The Kier molecular flexibility index (Phi) is 3.69. The van der Waals surface area contributed by atoms with Crippen LogP contribution in [0.1, 0.15) is 13.3 Å². The fourth-order valence-corrected chi connectivity index (χ4v) is 1.68. The third-order valence-electron chi connectivity index (χ3n) is 2.61. The van der Waals surface area contributed by atoms with Gasteiger partial charge >= 0.3 is 5.97 Å². The summed E-state index contributed by atoms with van der Waals surface area (Å²) in [5.74, 6) is -0.663. The van der Waals surface area contributed by atoms with E-state index in [9.17, 15) is 9.90 Å². The van der Waals surface area contributed by atoms with Crippen LogP contribution in [0.3, 0.4) is 0 Å². The second-order valence-electron chi connectivity index (χ2n) is 3.38. The van der Waals surface area contributed by atoms with Gasteiger partial charge in [-0.05, 0) is 13.0 Å². The van der Waals surface area contributed by atoms with Crippen molar-refractivity contribution in [3.63, 3.8) is 0 Å². The largest absolute Gasteiger partial charge is 0.469 e. The first-order valence-corrected chi connectivity index (χ1v) is 4.67. The van der Waals surface area contributed by atoms with Crippen LogP contribution < -0.4 is 0 Å². The number of nitrogens with zero attached hydrogens (tertiary/aromatic N) is 1. The molecule has 1 heterocycles. The molecular weight excluding hydrogens is 170 g/mol. The van der Waals surface area contributed by atoms with Crippen LogP contribution in [0.15, 0.2) is 0 Å². The molecule has 0 saturated carbocycles. The van der Waals surface area contributed by atoms with E-state index in [4.69, 9.17) is 0 Å². The lowest BCUT2D eigenvalue weighted by Gasteiger charge is -2.33. The summed E-state index contributed by atoms with van der Waals surface area (Å²) in [6, 6.07) is 0. The van der Waals surface area contributed by atoms with Crippen LogP contribution in [0.25, 0.3) is 0 Å². The summed E-state index contributed by atoms with van der Waals surface area (Å²) < 4.78 is 4.63. The van der Waals surface area contributed by atoms with Gasteiger partial charge in [0.15, 0.2) is 0 Å². The number of methoxy groups -OCH3 is 1. The fraction of sp³-hybridized carbons (Fsp3) is 0.889. The molecule has 0 aromatic rings. The van der Waals surface area contributed by atoms with Gasteiger partial charge < -0.3 is 14.7 Å². The number of carbonyl (C=O) groups is 1. The molecule has 13 heavy (non-hydrogen) atoms. The molecular formula is C9H17NO3. The van der Waals surface area contributed by atoms with Gasteiger partial charge in [-0.15, -0.1) is 0 Å². The number of esters is 1. The molecule has 76 valence electrons. The van der Waals surface area contributed by atoms with Gasteiger partial charge in [0.25, 0.3) is 0 Å². The zero-order valence-corrected chi connectivity index (χ0v) is 8.19. The Balaban J connectivity index is 2.54. The number of rotatable bonds is 2. The van der Waals surface area contributed by atoms with Crippen molar-refractivity contribution in [3.8, 4) is 0 Å². The Morgan fingerprint density at radius 3 is 2.92 bits per heavy atom. The van der Waals surface area contributed by atoms with E-state index >= 15 is 0 Å². The SMILES string of the molecule is CCN1CC[C@H](O)[C@@H](C(=O)OC)C1.